The maximum absolute atomic E-state index is 4.04. The Morgan fingerprint density at radius 3 is 2.79 bits per heavy atom. The standard InChI is InChI=1S/C14H17BrN4/c1-9-7-10(8-16-11-4-5-11)3-6-12(9)13-14(15)17-18-19(13)2/h3,6-7,11,16H,4-5,8H2,1-2H3. The van der Waals surface area contributed by atoms with E-state index in [2.05, 4.69) is 56.7 Å². The van der Waals surface area contributed by atoms with Crippen molar-refractivity contribution in [3.63, 3.8) is 0 Å². The number of nitrogens with one attached hydrogen (secondary N) is 1. The van der Waals surface area contributed by atoms with E-state index < -0.39 is 0 Å². The number of aromatic nitrogens is 3. The van der Waals surface area contributed by atoms with Crippen molar-refractivity contribution in [1.82, 2.24) is 20.3 Å². The highest BCUT2D eigenvalue weighted by Crippen LogP contribution is 2.29. The van der Waals surface area contributed by atoms with Crippen molar-refractivity contribution in [3.05, 3.63) is 33.9 Å². The molecule has 0 unspecified atom stereocenters. The number of hydrogen-bond donors (Lipinski definition) is 1. The van der Waals surface area contributed by atoms with Gasteiger partial charge in [-0.25, -0.2) is 4.68 Å². The lowest BCUT2D eigenvalue weighted by Gasteiger charge is -2.09. The van der Waals surface area contributed by atoms with Crippen molar-refractivity contribution in [3.8, 4) is 11.3 Å². The van der Waals surface area contributed by atoms with E-state index in [1.54, 1.807) is 4.68 Å². The Hall–Kier alpha value is -1.20. The molecule has 5 heteroatoms. The van der Waals surface area contributed by atoms with E-state index in [1.807, 2.05) is 7.05 Å². The van der Waals surface area contributed by atoms with E-state index in [0.717, 1.165) is 22.9 Å². The molecule has 0 aliphatic heterocycles. The van der Waals surface area contributed by atoms with Crippen molar-refractivity contribution >= 4 is 15.9 Å². The molecule has 1 aliphatic carbocycles. The molecule has 1 fully saturated rings. The van der Waals surface area contributed by atoms with Crippen LogP contribution in [0.5, 0.6) is 0 Å². The predicted octanol–water partition coefficient (Wildman–Crippen LogP) is 2.81. The fourth-order valence-corrected chi connectivity index (χ4v) is 2.81. The van der Waals surface area contributed by atoms with Crippen LogP contribution >= 0.6 is 15.9 Å². The van der Waals surface area contributed by atoms with Gasteiger partial charge in [-0.15, -0.1) is 5.10 Å². The minimum Gasteiger partial charge on any atom is -0.310 e. The van der Waals surface area contributed by atoms with Gasteiger partial charge in [0.15, 0.2) is 4.60 Å². The number of benzene rings is 1. The summed E-state index contributed by atoms with van der Waals surface area (Å²) in [6.07, 6.45) is 2.65. The zero-order valence-corrected chi connectivity index (χ0v) is 12.7. The average Bonchev–Trinajstić information content (AvgIpc) is 3.15. The van der Waals surface area contributed by atoms with Gasteiger partial charge >= 0.3 is 0 Å². The SMILES string of the molecule is Cc1cc(CNC2CC2)ccc1-c1c(Br)nnn1C. The van der Waals surface area contributed by atoms with Crippen molar-refractivity contribution in [2.75, 3.05) is 0 Å². The van der Waals surface area contributed by atoms with Gasteiger partial charge in [0.25, 0.3) is 0 Å². The van der Waals surface area contributed by atoms with Gasteiger partial charge in [0.05, 0.1) is 0 Å². The monoisotopic (exact) mass is 320 g/mol. The van der Waals surface area contributed by atoms with Crippen LogP contribution in [-0.4, -0.2) is 21.0 Å². The fourth-order valence-electron chi connectivity index (χ4n) is 2.27. The van der Waals surface area contributed by atoms with Crippen LogP contribution in [0, 0.1) is 6.92 Å². The zero-order valence-electron chi connectivity index (χ0n) is 11.2. The van der Waals surface area contributed by atoms with Gasteiger partial charge in [-0.1, -0.05) is 23.4 Å². The molecular formula is C14H17BrN4. The Morgan fingerprint density at radius 2 is 2.21 bits per heavy atom. The van der Waals surface area contributed by atoms with Crippen LogP contribution in [0.4, 0.5) is 0 Å². The third-order valence-electron chi connectivity index (χ3n) is 3.50. The third kappa shape index (κ3) is 2.72. The minimum absolute atomic E-state index is 0.746. The first-order valence-corrected chi connectivity index (χ1v) is 7.33. The molecular weight excluding hydrogens is 304 g/mol. The van der Waals surface area contributed by atoms with Crippen molar-refractivity contribution in [2.24, 2.45) is 7.05 Å². The van der Waals surface area contributed by atoms with E-state index >= 15 is 0 Å². The Morgan fingerprint density at radius 1 is 1.42 bits per heavy atom. The van der Waals surface area contributed by atoms with E-state index in [9.17, 15) is 0 Å². The van der Waals surface area contributed by atoms with E-state index in [4.69, 9.17) is 0 Å². The van der Waals surface area contributed by atoms with Crippen LogP contribution in [-0.2, 0) is 13.6 Å². The van der Waals surface area contributed by atoms with Crippen LogP contribution in [0.15, 0.2) is 22.8 Å². The number of aryl methyl sites for hydroxylation is 2. The molecule has 0 spiro atoms. The van der Waals surface area contributed by atoms with Crippen LogP contribution < -0.4 is 5.32 Å². The number of hydrogen-bond acceptors (Lipinski definition) is 3. The van der Waals surface area contributed by atoms with Gasteiger partial charge < -0.3 is 5.32 Å². The van der Waals surface area contributed by atoms with Crippen molar-refractivity contribution in [1.29, 1.82) is 0 Å². The Kier molecular flexibility index (Phi) is 3.41. The highest BCUT2D eigenvalue weighted by atomic mass is 79.9. The smallest absolute Gasteiger partial charge is 0.156 e. The van der Waals surface area contributed by atoms with E-state index in [0.29, 0.717) is 0 Å². The molecule has 19 heavy (non-hydrogen) atoms. The minimum atomic E-state index is 0.746. The topological polar surface area (TPSA) is 42.7 Å². The summed E-state index contributed by atoms with van der Waals surface area (Å²) in [5.41, 5.74) is 4.79. The molecule has 0 saturated heterocycles. The molecule has 1 heterocycles. The molecule has 2 aromatic rings. The first-order valence-electron chi connectivity index (χ1n) is 6.53. The maximum atomic E-state index is 4.04. The normalized spacial score (nSPS) is 14.9. The molecule has 1 aromatic heterocycles. The van der Waals surface area contributed by atoms with E-state index in [1.165, 1.54) is 29.5 Å². The second-order valence-corrected chi connectivity index (χ2v) is 5.91. The van der Waals surface area contributed by atoms with Crippen molar-refractivity contribution in [2.45, 2.75) is 32.4 Å². The summed E-state index contributed by atoms with van der Waals surface area (Å²) in [6, 6.07) is 7.32. The maximum Gasteiger partial charge on any atom is 0.156 e. The van der Waals surface area contributed by atoms with Crippen LogP contribution in [0.2, 0.25) is 0 Å². The Labute approximate surface area is 121 Å². The summed E-state index contributed by atoms with van der Waals surface area (Å²) >= 11 is 3.46. The summed E-state index contributed by atoms with van der Waals surface area (Å²) in [5, 5.41) is 11.6. The lowest BCUT2D eigenvalue weighted by Crippen LogP contribution is -2.15. The largest absolute Gasteiger partial charge is 0.310 e. The second-order valence-electron chi connectivity index (χ2n) is 5.16. The molecule has 0 atom stereocenters. The first kappa shape index (κ1) is 12.8. The third-order valence-corrected chi connectivity index (χ3v) is 4.04. The molecule has 0 radical (unpaired) electrons. The number of nitrogens with zero attached hydrogens (tertiary/aromatic N) is 3. The average molecular weight is 321 g/mol. The quantitative estimate of drug-likeness (QED) is 0.942. The summed E-state index contributed by atoms with van der Waals surface area (Å²) < 4.78 is 2.59. The Balaban J connectivity index is 1.86. The van der Waals surface area contributed by atoms with Crippen LogP contribution in [0.3, 0.4) is 0 Å². The number of halogens is 1. The lowest BCUT2D eigenvalue weighted by atomic mass is 10.0. The van der Waals surface area contributed by atoms with Gasteiger partial charge in [-0.3, -0.25) is 0 Å². The first-order chi connectivity index (χ1) is 9.15. The zero-order chi connectivity index (χ0) is 13.4. The van der Waals surface area contributed by atoms with Crippen LogP contribution in [0.1, 0.15) is 24.0 Å². The molecule has 1 aromatic carbocycles. The fraction of sp³-hybridized carbons (Fsp3) is 0.429. The van der Waals surface area contributed by atoms with Gasteiger partial charge in [-0.2, -0.15) is 0 Å². The summed E-state index contributed by atoms with van der Waals surface area (Å²) in [7, 11) is 1.91. The number of rotatable bonds is 4. The molecule has 100 valence electrons. The van der Waals surface area contributed by atoms with Gasteiger partial charge in [0, 0.05) is 25.2 Å². The van der Waals surface area contributed by atoms with Gasteiger partial charge in [-0.05, 0) is 46.8 Å². The molecule has 1 N–H and O–H groups in total. The lowest BCUT2D eigenvalue weighted by molar-refractivity contribution is 0.687. The van der Waals surface area contributed by atoms with Gasteiger partial charge in [0.2, 0.25) is 0 Å². The molecule has 1 aliphatic rings. The summed E-state index contributed by atoms with van der Waals surface area (Å²) in [5.74, 6) is 0. The molecule has 4 nitrogen and oxygen atoms in total. The van der Waals surface area contributed by atoms with E-state index in [-0.39, 0.29) is 0 Å². The summed E-state index contributed by atoms with van der Waals surface area (Å²) in [4.78, 5) is 0. The van der Waals surface area contributed by atoms with Crippen molar-refractivity contribution < 1.29 is 0 Å². The predicted molar refractivity (Wildman–Crippen MR) is 78.7 cm³/mol. The molecule has 0 amide bonds. The highest BCUT2D eigenvalue weighted by molar-refractivity contribution is 9.10. The Bertz CT molecular complexity index is 582. The molecule has 3 rings (SSSR count). The summed E-state index contributed by atoms with van der Waals surface area (Å²) in [6.45, 7) is 3.09. The van der Waals surface area contributed by atoms with Crippen LogP contribution in [0.25, 0.3) is 11.3 Å². The molecule has 1 saturated carbocycles. The molecule has 0 bridgehead atoms. The second kappa shape index (κ2) is 5.06. The highest BCUT2D eigenvalue weighted by Gasteiger charge is 2.20. The van der Waals surface area contributed by atoms with Gasteiger partial charge in [0.1, 0.15) is 5.69 Å².